The smallest absolute Gasteiger partial charge is 0.220 e. The van der Waals surface area contributed by atoms with Crippen molar-refractivity contribution in [3.8, 4) is 0 Å². The molecular weight excluding hydrogens is 345 g/mol. The van der Waals surface area contributed by atoms with Gasteiger partial charge in [-0.2, -0.15) is 0 Å². The number of piperidine rings is 1. The third-order valence-corrected chi connectivity index (χ3v) is 5.51. The standard InChI is InChI=1S/C18H35N3O.2ClH/c1-14(2)17(21-10-7-15(3)8-11-21)13-20-18(22)5-4-16-6-9-19-12-16;;/h14-17,19H,4-13H2,1-3H3,(H,20,22);2*1H. The molecular formula is C18H37Cl2N3O. The number of carbonyl (C=O) groups is 1. The molecule has 24 heavy (non-hydrogen) atoms. The molecule has 1 amide bonds. The molecule has 0 aromatic rings. The third-order valence-electron chi connectivity index (χ3n) is 5.51. The molecule has 2 aliphatic rings. The molecule has 2 fully saturated rings. The number of likely N-dealkylation sites (tertiary alicyclic amines) is 1. The Labute approximate surface area is 160 Å². The van der Waals surface area contributed by atoms with Gasteiger partial charge in [0.25, 0.3) is 0 Å². The fraction of sp³-hybridized carbons (Fsp3) is 0.944. The first-order valence-corrected chi connectivity index (χ1v) is 9.27. The van der Waals surface area contributed by atoms with Crippen molar-refractivity contribution in [2.45, 2.75) is 58.9 Å². The van der Waals surface area contributed by atoms with Crippen LogP contribution in [0.15, 0.2) is 0 Å². The van der Waals surface area contributed by atoms with E-state index in [0.29, 0.717) is 24.3 Å². The molecule has 0 aromatic carbocycles. The predicted octanol–water partition coefficient (Wildman–Crippen LogP) is 3.09. The summed E-state index contributed by atoms with van der Waals surface area (Å²) in [6, 6.07) is 0.490. The van der Waals surface area contributed by atoms with Gasteiger partial charge in [0.15, 0.2) is 0 Å². The predicted molar refractivity (Wildman–Crippen MR) is 106 cm³/mol. The topological polar surface area (TPSA) is 44.4 Å². The van der Waals surface area contributed by atoms with E-state index in [1.807, 2.05) is 0 Å². The van der Waals surface area contributed by atoms with Gasteiger partial charge < -0.3 is 10.6 Å². The normalized spacial score (nSPS) is 23.4. The van der Waals surface area contributed by atoms with Gasteiger partial charge in [-0.1, -0.05) is 20.8 Å². The Bertz CT molecular complexity index is 341. The van der Waals surface area contributed by atoms with Crippen molar-refractivity contribution >= 4 is 30.7 Å². The minimum atomic E-state index is 0. The average Bonchev–Trinajstić information content (AvgIpc) is 3.00. The molecule has 144 valence electrons. The molecule has 0 saturated carbocycles. The van der Waals surface area contributed by atoms with Crippen LogP contribution in [0.1, 0.15) is 52.9 Å². The minimum Gasteiger partial charge on any atom is -0.355 e. The Balaban J connectivity index is 0.00000264. The Morgan fingerprint density at radius 1 is 1.21 bits per heavy atom. The lowest BCUT2D eigenvalue weighted by Crippen LogP contribution is -2.49. The van der Waals surface area contributed by atoms with Gasteiger partial charge in [0.1, 0.15) is 0 Å². The van der Waals surface area contributed by atoms with E-state index in [2.05, 4.69) is 36.3 Å². The van der Waals surface area contributed by atoms with Crippen molar-refractivity contribution in [2.24, 2.45) is 17.8 Å². The van der Waals surface area contributed by atoms with Crippen LogP contribution in [0.5, 0.6) is 0 Å². The zero-order valence-electron chi connectivity index (χ0n) is 15.6. The van der Waals surface area contributed by atoms with Crippen LogP contribution in [0.3, 0.4) is 0 Å². The highest BCUT2D eigenvalue weighted by molar-refractivity contribution is 5.85. The number of amides is 1. The monoisotopic (exact) mass is 381 g/mol. The van der Waals surface area contributed by atoms with Gasteiger partial charge in [-0.15, -0.1) is 24.8 Å². The number of nitrogens with one attached hydrogen (secondary N) is 2. The molecule has 0 aliphatic carbocycles. The SMILES string of the molecule is CC1CCN(C(CNC(=O)CCC2CCNC2)C(C)C)CC1.Cl.Cl. The van der Waals surface area contributed by atoms with Gasteiger partial charge in [0.05, 0.1) is 0 Å². The number of carbonyl (C=O) groups excluding carboxylic acids is 1. The van der Waals surface area contributed by atoms with Gasteiger partial charge in [-0.3, -0.25) is 9.69 Å². The molecule has 2 N–H and O–H groups in total. The van der Waals surface area contributed by atoms with E-state index < -0.39 is 0 Å². The van der Waals surface area contributed by atoms with Crippen molar-refractivity contribution in [3.05, 3.63) is 0 Å². The maximum atomic E-state index is 12.1. The molecule has 0 aromatic heterocycles. The Kier molecular flexibility index (Phi) is 12.3. The Morgan fingerprint density at radius 2 is 1.88 bits per heavy atom. The van der Waals surface area contributed by atoms with E-state index >= 15 is 0 Å². The molecule has 2 atom stereocenters. The van der Waals surface area contributed by atoms with Crippen LogP contribution in [-0.4, -0.2) is 49.6 Å². The van der Waals surface area contributed by atoms with E-state index in [1.165, 1.54) is 32.4 Å². The number of nitrogens with zero attached hydrogens (tertiary/aromatic N) is 1. The van der Waals surface area contributed by atoms with E-state index in [-0.39, 0.29) is 30.7 Å². The summed E-state index contributed by atoms with van der Waals surface area (Å²) < 4.78 is 0. The van der Waals surface area contributed by atoms with E-state index in [0.717, 1.165) is 32.0 Å². The molecule has 2 heterocycles. The van der Waals surface area contributed by atoms with Gasteiger partial charge in [0, 0.05) is 19.0 Å². The number of hydrogen-bond donors (Lipinski definition) is 2. The van der Waals surface area contributed by atoms with Crippen LogP contribution in [0, 0.1) is 17.8 Å². The molecule has 2 unspecified atom stereocenters. The van der Waals surface area contributed by atoms with E-state index in [1.54, 1.807) is 0 Å². The van der Waals surface area contributed by atoms with Crippen molar-refractivity contribution in [1.29, 1.82) is 0 Å². The van der Waals surface area contributed by atoms with E-state index in [4.69, 9.17) is 0 Å². The minimum absolute atomic E-state index is 0. The largest absolute Gasteiger partial charge is 0.355 e. The van der Waals surface area contributed by atoms with Crippen LogP contribution >= 0.6 is 24.8 Å². The van der Waals surface area contributed by atoms with Gasteiger partial charge in [-0.05, 0) is 69.6 Å². The Hall–Kier alpha value is -0.0300. The van der Waals surface area contributed by atoms with E-state index in [9.17, 15) is 4.79 Å². The molecule has 2 rings (SSSR count). The van der Waals surface area contributed by atoms with Gasteiger partial charge >= 0.3 is 0 Å². The third kappa shape index (κ3) is 7.90. The molecule has 6 heteroatoms. The highest BCUT2D eigenvalue weighted by Gasteiger charge is 2.26. The molecule has 0 spiro atoms. The molecule has 0 bridgehead atoms. The van der Waals surface area contributed by atoms with Crippen LogP contribution in [0.4, 0.5) is 0 Å². The van der Waals surface area contributed by atoms with Crippen LogP contribution < -0.4 is 10.6 Å². The average molecular weight is 382 g/mol. The molecule has 2 aliphatic heterocycles. The molecule has 4 nitrogen and oxygen atoms in total. The number of halogens is 2. The highest BCUT2D eigenvalue weighted by atomic mass is 35.5. The molecule has 2 saturated heterocycles. The lowest BCUT2D eigenvalue weighted by molar-refractivity contribution is -0.121. The quantitative estimate of drug-likeness (QED) is 0.711. The number of hydrogen-bond acceptors (Lipinski definition) is 3. The fourth-order valence-corrected chi connectivity index (χ4v) is 3.75. The maximum Gasteiger partial charge on any atom is 0.220 e. The summed E-state index contributed by atoms with van der Waals surface area (Å²) in [5, 5.41) is 6.56. The summed E-state index contributed by atoms with van der Waals surface area (Å²) >= 11 is 0. The first-order chi connectivity index (χ1) is 10.6. The van der Waals surface area contributed by atoms with Gasteiger partial charge in [-0.25, -0.2) is 0 Å². The van der Waals surface area contributed by atoms with Crippen molar-refractivity contribution in [1.82, 2.24) is 15.5 Å². The fourth-order valence-electron chi connectivity index (χ4n) is 3.75. The molecule has 0 radical (unpaired) electrons. The second kappa shape index (κ2) is 12.3. The highest BCUT2D eigenvalue weighted by Crippen LogP contribution is 2.21. The Morgan fingerprint density at radius 3 is 2.42 bits per heavy atom. The van der Waals surface area contributed by atoms with Crippen molar-refractivity contribution < 1.29 is 4.79 Å². The lowest BCUT2D eigenvalue weighted by Gasteiger charge is -2.39. The summed E-state index contributed by atoms with van der Waals surface area (Å²) in [4.78, 5) is 14.7. The van der Waals surface area contributed by atoms with Crippen molar-refractivity contribution in [3.63, 3.8) is 0 Å². The maximum absolute atomic E-state index is 12.1. The summed E-state index contributed by atoms with van der Waals surface area (Å²) in [6.45, 7) is 12.3. The van der Waals surface area contributed by atoms with Gasteiger partial charge in [0.2, 0.25) is 5.91 Å². The summed E-state index contributed by atoms with van der Waals surface area (Å²) in [6.07, 6.45) is 5.55. The zero-order valence-corrected chi connectivity index (χ0v) is 17.2. The van der Waals surface area contributed by atoms with Crippen LogP contribution in [0.2, 0.25) is 0 Å². The first-order valence-electron chi connectivity index (χ1n) is 9.27. The first kappa shape index (κ1) is 24.0. The summed E-state index contributed by atoms with van der Waals surface area (Å²) in [7, 11) is 0. The van der Waals surface area contributed by atoms with Crippen LogP contribution in [-0.2, 0) is 4.79 Å². The second-order valence-electron chi connectivity index (χ2n) is 7.73. The zero-order chi connectivity index (χ0) is 15.9. The lowest BCUT2D eigenvalue weighted by atomic mass is 9.94. The summed E-state index contributed by atoms with van der Waals surface area (Å²) in [5.74, 6) is 2.39. The van der Waals surface area contributed by atoms with Crippen LogP contribution in [0.25, 0.3) is 0 Å². The summed E-state index contributed by atoms with van der Waals surface area (Å²) in [5.41, 5.74) is 0. The van der Waals surface area contributed by atoms with Crippen molar-refractivity contribution in [2.75, 3.05) is 32.7 Å². The number of rotatable bonds is 7. The second-order valence-corrected chi connectivity index (χ2v) is 7.73.